The predicted molar refractivity (Wildman–Crippen MR) is 90.1 cm³/mol. The van der Waals surface area contributed by atoms with Crippen LogP contribution in [0.15, 0.2) is 29.9 Å². The normalized spacial score (nSPS) is 12.2. The number of rotatable bonds is 6. The molecule has 2 aromatic rings. The zero-order valence-corrected chi connectivity index (χ0v) is 14.6. The SMILES string of the molecule is CC(C)[C@@H](NC(=O)c1cccs1)C(=O)N(C)Cc1cnn(C)c1. The first-order valence-electron chi connectivity index (χ1n) is 7.45. The first-order chi connectivity index (χ1) is 10.9. The Hall–Kier alpha value is -2.15. The number of nitrogens with zero attached hydrogens (tertiary/aromatic N) is 3. The van der Waals surface area contributed by atoms with Gasteiger partial charge in [-0.2, -0.15) is 5.10 Å². The summed E-state index contributed by atoms with van der Waals surface area (Å²) >= 11 is 1.36. The lowest BCUT2D eigenvalue weighted by Gasteiger charge is -2.26. The number of aromatic nitrogens is 2. The Labute approximate surface area is 140 Å². The van der Waals surface area contributed by atoms with Crippen molar-refractivity contribution >= 4 is 23.2 Å². The Kier molecular flexibility index (Phi) is 5.54. The molecule has 1 atom stereocenters. The summed E-state index contributed by atoms with van der Waals surface area (Å²) < 4.78 is 1.70. The average molecular weight is 334 g/mol. The molecule has 6 nitrogen and oxygen atoms in total. The minimum absolute atomic E-state index is 0.00256. The van der Waals surface area contributed by atoms with Gasteiger partial charge in [-0.1, -0.05) is 19.9 Å². The smallest absolute Gasteiger partial charge is 0.262 e. The van der Waals surface area contributed by atoms with Crippen LogP contribution >= 0.6 is 11.3 Å². The van der Waals surface area contributed by atoms with E-state index in [9.17, 15) is 9.59 Å². The Morgan fingerprint density at radius 1 is 1.43 bits per heavy atom. The number of likely N-dealkylation sites (N-methyl/N-ethyl adjacent to an activating group) is 1. The van der Waals surface area contributed by atoms with Gasteiger partial charge in [-0.25, -0.2) is 0 Å². The maximum atomic E-state index is 12.7. The third kappa shape index (κ3) is 4.41. The topological polar surface area (TPSA) is 67.2 Å². The van der Waals surface area contributed by atoms with Crippen LogP contribution in [-0.4, -0.2) is 39.6 Å². The fraction of sp³-hybridized carbons (Fsp3) is 0.438. The van der Waals surface area contributed by atoms with Gasteiger partial charge in [-0.3, -0.25) is 14.3 Å². The minimum Gasteiger partial charge on any atom is -0.340 e. The second-order valence-electron chi connectivity index (χ2n) is 5.89. The highest BCUT2D eigenvalue weighted by atomic mass is 32.1. The van der Waals surface area contributed by atoms with Crippen LogP contribution < -0.4 is 5.32 Å². The van der Waals surface area contributed by atoms with Crippen molar-refractivity contribution in [3.8, 4) is 0 Å². The van der Waals surface area contributed by atoms with Crippen LogP contribution in [0.25, 0.3) is 0 Å². The summed E-state index contributed by atoms with van der Waals surface area (Å²) in [5, 5.41) is 8.79. The van der Waals surface area contributed by atoms with Gasteiger partial charge in [0.15, 0.2) is 0 Å². The monoisotopic (exact) mass is 334 g/mol. The Balaban J connectivity index is 2.04. The van der Waals surface area contributed by atoms with Crippen LogP contribution in [-0.2, 0) is 18.4 Å². The van der Waals surface area contributed by atoms with Gasteiger partial charge in [0.1, 0.15) is 6.04 Å². The first kappa shape index (κ1) is 17.2. The van der Waals surface area contributed by atoms with Crippen molar-refractivity contribution in [2.24, 2.45) is 13.0 Å². The number of hydrogen-bond acceptors (Lipinski definition) is 4. The molecular formula is C16H22N4O2S. The number of thiophene rings is 1. The summed E-state index contributed by atoms with van der Waals surface area (Å²) in [4.78, 5) is 27.1. The lowest BCUT2D eigenvalue weighted by atomic mass is 10.0. The maximum absolute atomic E-state index is 12.7. The van der Waals surface area contributed by atoms with E-state index in [1.54, 1.807) is 28.9 Å². The molecule has 0 aliphatic carbocycles. The number of hydrogen-bond donors (Lipinski definition) is 1. The molecular weight excluding hydrogens is 312 g/mol. The first-order valence-corrected chi connectivity index (χ1v) is 8.33. The average Bonchev–Trinajstić information content (AvgIpc) is 3.15. The largest absolute Gasteiger partial charge is 0.340 e. The van der Waals surface area contributed by atoms with Crippen molar-refractivity contribution in [3.63, 3.8) is 0 Å². The van der Waals surface area contributed by atoms with Crippen LogP contribution in [0.2, 0.25) is 0 Å². The van der Waals surface area contributed by atoms with Crippen LogP contribution in [0.1, 0.15) is 29.1 Å². The molecule has 2 heterocycles. The Bertz CT molecular complexity index is 663. The van der Waals surface area contributed by atoms with E-state index in [0.717, 1.165) is 5.56 Å². The summed E-state index contributed by atoms with van der Waals surface area (Å²) in [6.45, 7) is 4.31. The molecule has 0 aromatic carbocycles. The molecule has 0 saturated carbocycles. The summed E-state index contributed by atoms with van der Waals surface area (Å²) in [6, 6.07) is 3.02. The van der Waals surface area contributed by atoms with Gasteiger partial charge in [0, 0.05) is 32.4 Å². The van der Waals surface area contributed by atoms with Gasteiger partial charge in [0.2, 0.25) is 5.91 Å². The second-order valence-corrected chi connectivity index (χ2v) is 6.84. The van der Waals surface area contributed by atoms with E-state index < -0.39 is 6.04 Å². The van der Waals surface area contributed by atoms with Crippen molar-refractivity contribution in [1.29, 1.82) is 0 Å². The highest BCUT2D eigenvalue weighted by Gasteiger charge is 2.27. The molecule has 0 bridgehead atoms. The molecule has 1 N–H and O–H groups in total. The van der Waals surface area contributed by atoms with Crippen LogP contribution in [0.3, 0.4) is 0 Å². The molecule has 0 aliphatic heterocycles. The third-order valence-electron chi connectivity index (χ3n) is 3.52. The quantitative estimate of drug-likeness (QED) is 0.877. The zero-order valence-electron chi connectivity index (χ0n) is 13.8. The standard InChI is InChI=1S/C16H22N4O2S/c1-11(2)14(18-15(21)13-6-5-7-23-13)16(22)19(3)9-12-8-17-20(4)10-12/h5-8,10-11,14H,9H2,1-4H3,(H,18,21)/t14-/m1/s1. The molecule has 0 unspecified atom stereocenters. The molecule has 2 rings (SSSR count). The van der Waals surface area contributed by atoms with Gasteiger partial charge < -0.3 is 10.2 Å². The molecule has 0 spiro atoms. The van der Waals surface area contributed by atoms with Crippen LogP contribution in [0.4, 0.5) is 0 Å². The van der Waals surface area contributed by atoms with Gasteiger partial charge >= 0.3 is 0 Å². The number of carbonyl (C=O) groups excluding carboxylic acids is 2. The molecule has 2 amide bonds. The second kappa shape index (κ2) is 7.41. The molecule has 23 heavy (non-hydrogen) atoms. The van der Waals surface area contributed by atoms with E-state index in [-0.39, 0.29) is 17.7 Å². The zero-order chi connectivity index (χ0) is 17.0. The van der Waals surface area contributed by atoms with E-state index in [4.69, 9.17) is 0 Å². The predicted octanol–water partition coefficient (Wildman–Crippen LogP) is 1.89. The van der Waals surface area contributed by atoms with Crippen LogP contribution in [0, 0.1) is 5.92 Å². The van der Waals surface area contributed by atoms with Crippen molar-refractivity contribution in [2.45, 2.75) is 26.4 Å². The molecule has 0 radical (unpaired) electrons. The maximum Gasteiger partial charge on any atom is 0.262 e. The summed E-state index contributed by atoms with van der Waals surface area (Å²) in [6.07, 6.45) is 3.61. The molecule has 0 fully saturated rings. The fourth-order valence-electron chi connectivity index (χ4n) is 2.28. The highest BCUT2D eigenvalue weighted by molar-refractivity contribution is 7.12. The number of aryl methyl sites for hydroxylation is 1. The van der Waals surface area contributed by atoms with Gasteiger partial charge in [0.25, 0.3) is 5.91 Å². The number of amides is 2. The lowest BCUT2D eigenvalue weighted by Crippen LogP contribution is -2.49. The van der Waals surface area contributed by atoms with E-state index >= 15 is 0 Å². The van der Waals surface area contributed by atoms with Crippen LogP contribution in [0.5, 0.6) is 0 Å². The van der Waals surface area contributed by atoms with Gasteiger partial charge in [-0.15, -0.1) is 11.3 Å². The molecule has 0 saturated heterocycles. The minimum atomic E-state index is -0.550. The fourth-order valence-corrected chi connectivity index (χ4v) is 2.90. The van der Waals surface area contributed by atoms with Gasteiger partial charge in [-0.05, 0) is 17.4 Å². The molecule has 2 aromatic heterocycles. The number of carbonyl (C=O) groups is 2. The molecule has 124 valence electrons. The Morgan fingerprint density at radius 2 is 2.17 bits per heavy atom. The van der Waals surface area contributed by atoms with E-state index in [1.165, 1.54) is 11.3 Å². The van der Waals surface area contributed by atoms with Crippen molar-refractivity contribution in [3.05, 3.63) is 40.3 Å². The van der Waals surface area contributed by atoms with Gasteiger partial charge in [0.05, 0.1) is 11.1 Å². The van der Waals surface area contributed by atoms with Crippen molar-refractivity contribution < 1.29 is 9.59 Å². The van der Waals surface area contributed by atoms with E-state index in [1.807, 2.05) is 38.5 Å². The van der Waals surface area contributed by atoms with Crippen molar-refractivity contribution in [2.75, 3.05) is 7.05 Å². The van der Waals surface area contributed by atoms with E-state index in [0.29, 0.717) is 11.4 Å². The third-order valence-corrected chi connectivity index (χ3v) is 4.39. The molecule has 0 aliphatic rings. The van der Waals surface area contributed by atoms with E-state index in [2.05, 4.69) is 10.4 Å². The summed E-state index contributed by atoms with van der Waals surface area (Å²) in [5.74, 6) is -0.307. The highest BCUT2D eigenvalue weighted by Crippen LogP contribution is 2.12. The molecule has 7 heteroatoms. The Morgan fingerprint density at radius 3 is 2.70 bits per heavy atom. The lowest BCUT2D eigenvalue weighted by molar-refractivity contribution is -0.133. The number of nitrogens with one attached hydrogen (secondary N) is 1. The summed E-state index contributed by atoms with van der Waals surface area (Å²) in [5.41, 5.74) is 0.954. The van der Waals surface area contributed by atoms with Crippen molar-refractivity contribution in [1.82, 2.24) is 20.0 Å². The summed E-state index contributed by atoms with van der Waals surface area (Å²) in [7, 11) is 3.57.